The molecule has 2 rings (SSSR count). The molecule has 4 nitrogen and oxygen atoms in total. The number of benzene rings is 2. The highest BCUT2D eigenvalue weighted by molar-refractivity contribution is 6.32. The molecule has 0 radical (unpaired) electrons. The zero-order valence-electron chi connectivity index (χ0n) is 10.1. The Morgan fingerprint density at radius 3 is 2.53 bits per heavy atom. The first kappa shape index (κ1) is 13.2. The minimum absolute atomic E-state index is 0.0298. The molecule has 2 aromatic rings. The molecule has 2 N–H and O–H groups in total. The Hall–Kier alpha value is -2.20. The van der Waals surface area contributed by atoms with Crippen molar-refractivity contribution in [2.75, 3.05) is 7.11 Å². The van der Waals surface area contributed by atoms with E-state index in [9.17, 15) is 9.90 Å². The second-order valence-electron chi connectivity index (χ2n) is 3.89. The van der Waals surface area contributed by atoms with Crippen molar-refractivity contribution >= 4 is 17.6 Å². The molecule has 0 saturated carbocycles. The summed E-state index contributed by atoms with van der Waals surface area (Å²) < 4.78 is 5.10. The molecule has 0 aliphatic heterocycles. The van der Waals surface area contributed by atoms with E-state index in [2.05, 4.69) is 0 Å². The van der Waals surface area contributed by atoms with Gasteiger partial charge in [-0.1, -0.05) is 17.7 Å². The number of ether oxygens (including phenoxy) is 1. The smallest absolute Gasteiger partial charge is 0.335 e. The Kier molecular flexibility index (Phi) is 3.62. The van der Waals surface area contributed by atoms with Gasteiger partial charge in [-0.05, 0) is 35.9 Å². The van der Waals surface area contributed by atoms with Crippen LogP contribution in [0.4, 0.5) is 0 Å². The summed E-state index contributed by atoms with van der Waals surface area (Å²) in [6, 6.07) is 9.23. The van der Waals surface area contributed by atoms with E-state index in [4.69, 9.17) is 21.4 Å². The van der Waals surface area contributed by atoms with Gasteiger partial charge in [0.25, 0.3) is 0 Å². The third-order valence-electron chi connectivity index (χ3n) is 2.71. The van der Waals surface area contributed by atoms with Crippen molar-refractivity contribution in [2.24, 2.45) is 0 Å². The van der Waals surface area contributed by atoms with Crippen molar-refractivity contribution < 1.29 is 19.7 Å². The van der Waals surface area contributed by atoms with Crippen LogP contribution in [0.25, 0.3) is 11.1 Å². The second-order valence-corrected chi connectivity index (χ2v) is 4.29. The minimum atomic E-state index is -1.09. The van der Waals surface area contributed by atoms with Gasteiger partial charge in [-0.15, -0.1) is 0 Å². The number of methoxy groups -OCH3 is 1. The lowest BCUT2D eigenvalue weighted by Crippen LogP contribution is -1.95. The Morgan fingerprint density at radius 1 is 1.21 bits per heavy atom. The van der Waals surface area contributed by atoms with Crippen molar-refractivity contribution in [2.45, 2.75) is 0 Å². The molecule has 0 heterocycles. The number of aromatic carboxylic acids is 1. The number of carboxylic acid groups (broad SMARTS) is 1. The molecule has 19 heavy (non-hydrogen) atoms. The quantitative estimate of drug-likeness (QED) is 0.903. The van der Waals surface area contributed by atoms with E-state index in [0.717, 1.165) is 0 Å². The van der Waals surface area contributed by atoms with E-state index < -0.39 is 5.97 Å². The molecule has 0 aliphatic carbocycles. The average molecular weight is 279 g/mol. The fourth-order valence-corrected chi connectivity index (χ4v) is 1.93. The summed E-state index contributed by atoms with van der Waals surface area (Å²) >= 11 is 5.93. The molecule has 0 spiro atoms. The molecule has 0 aliphatic rings. The Morgan fingerprint density at radius 2 is 1.95 bits per heavy atom. The number of hydrogen-bond donors (Lipinski definition) is 2. The number of carbonyl (C=O) groups is 1. The highest BCUT2D eigenvalue weighted by Crippen LogP contribution is 2.35. The van der Waals surface area contributed by atoms with Gasteiger partial charge in [0.1, 0.15) is 11.5 Å². The van der Waals surface area contributed by atoms with E-state index in [1.807, 2.05) is 0 Å². The lowest BCUT2D eigenvalue weighted by Gasteiger charge is -2.09. The molecule has 98 valence electrons. The first-order valence-electron chi connectivity index (χ1n) is 5.43. The molecule has 0 bridgehead atoms. The normalized spacial score (nSPS) is 10.2. The van der Waals surface area contributed by atoms with Gasteiger partial charge in [-0.3, -0.25) is 0 Å². The molecule has 0 saturated heterocycles. The van der Waals surface area contributed by atoms with Crippen LogP contribution in [0.5, 0.6) is 11.5 Å². The van der Waals surface area contributed by atoms with Gasteiger partial charge in [0.05, 0.1) is 17.7 Å². The van der Waals surface area contributed by atoms with Crippen molar-refractivity contribution in [3.63, 3.8) is 0 Å². The van der Waals surface area contributed by atoms with Gasteiger partial charge in [0, 0.05) is 5.56 Å². The largest absolute Gasteiger partial charge is 0.507 e. The van der Waals surface area contributed by atoms with Crippen LogP contribution >= 0.6 is 11.6 Å². The summed E-state index contributed by atoms with van der Waals surface area (Å²) in [5.74, 6) is -0.708. The number of halogens is 1. The molecule has 0 amide bonds. The maximum Gasteiger partial charge on any atom is 0.335 e. The Balaban J connectivity index is 2.50. The first-order chi connectivity index (χ1) is 9.02. The van der Waals surface area contributed by atoms with Crippen LogP contribution in [0.3, 0.4) is 0 Å². The second kappa shape index (κ2) is 5.20. The minimum Gasteiger partial charge on any atom is -0.507 e. The summed E-state index contributed by atoms with van der Waals surface area (Å²) in [7, 11) is 1.50. The number of phenols is 1. The summed E-state index contributed by atoms with van der Waals surface area (Å²) in [5.41, 5.74) is 1.23. The number of phenolic OH excluding ortho intramolecular Hbond substituents is 1. The fourth-order valence-electron chi connectivity index (χ4n) is 1.74. The summed E-state index contributed by atoms with van der Waals surface area (Å²) in [6.07, 6.45) is 0. The molecule has 2 aromatic carbocycles. The number of aromatic hydroxyl groups is 1. The van der Waals surface area contributed by atoms with Crippen LogP contribution in [-0.2, 0) is 0 Å². The number of carboxylic acids is 1. The van der Waals surface area contributed by atoms with Gasteiger partial charge in [-0.2, -0.15) is 0 Å². The number of hydrogen-bond acceptors (Lipinski definition) is 3. The van der Waals surface area contributed by atoms with Crippen LogP contribution in [0.15, 0.2) is 36.4 Å². The third-order valence-corrected chi connectivity index (χ3v) is 3.02. The standard InChI is InChI=1S/C14H11ClO4/c1-19-13-7-8(3-5-11(13)15)10-4-2-9(14(17)18)6-12(10)16/h2-7,16H,1H3,(H,17,18). The van der Waals surface area contributed by atoms with Crippen LogP contribution in [-0.4, -0.2) is 23.3 Å². The molecular formula is C14H11ClO4. The third kappa shape index (κ3) is 2.63. The van der Waals surface area contributed by atoms with Gasteiger partial charge in [-0.25, -0.2) is 4.79 Å². The van der Waals surface area contributed by atoms with E-state index in [-0.39, 0.29) is 11.3 Å². The lowest BCUT2D eigenvalue weighted by atomic mass is 10.0. The molecule has 0 unspecified atom stereocenters. The van der Waals surface area contributed by atoms with E-state index in [0.29, 0.717) is 21.9 Å². The van der Waals surface area contributed by atoms with E-state index in [1.165, 1.54) is 19.2 Å². The average Bonchev–Trinajstić information content (AvgIpc) is 2.39. The van der Waals surface area contributed by atoms with Crippen LogP contribution < -0.4 is 4.74 Å². The summed E-state index contributed by atoms with van der Waals surface area (Å²) in [5, 5.41) is 19.2. The SMILES string of the molecule is COc1cc(-c2ccc(C(=O)O)cc2O)ccc1Cl. The maximum atomic E-state index is 10.8. The van der Waals surface area contributed by atoms with E-state index >= 15 is 0 Å². The van der Waals surface area contributed by atoms with Crippen molar-refractivity contribution in [1.29, 1.82) is 0 Å². The van der Waals surface area contributed by atoms with Crippen molar-refractivity contribution in [3.05, 3.63) is 47.0 Å². The van der Waals surface area contributed by atoms with Crippen LogP contribution in [0.1, 0.15) is 10.4 Å². The van der Waals surface area contributed by atoms with Crippen molar-refractivity contribution in [1.82, 2.24) is 0 Å². The highest BCUT2D eigenvalue weighted by atomic mass is 35.5. The Labute approximate surface area is 114 Å². The van der Waals surface area contributed by atoms with Gasteiger partial charge < -0.3 is 14.9 Å². The van der Waals surface area contributed by atoms with Crippen molar-refractivity contribution in [3.8, 4) is 22.6 Å². The maximum absolute atomic E-state index is 10.8. The number of rotatable bonds is 3. The lowest BCUT2D eigenvalue weighted by molar-refractivity contribution is 0.0696. The molecule has 0 fully saturated rings. The van der Waals surface area contributed by atoms with Gasteiger partial charge in [0.2, 0.25) is 0 Å². The first-order valence-corrected chi connectivity index (χ1v) is 5.81. The topological polar surface area (TPSA) is 66.8 Å². The molecule has 5 heteroatoms. The molecular weight excluding hydrogens is 268 g/mol. The summed E-state index contributed by atoms with van der Waals surface area (Å²) in [6.45, 7) is 0. The van der Waals surface area contributed by atoms with Gasteiger partial charge >= 0.3 is 5.97 Å². The molecule has 0 atom stereocenters. The van der Waals surface area contributed by atoms with E-state index in [1.54, 1.807) is 24.3 Å². The Bertz CT molecular complexity index is 637. The van der Waals surface area contributed by atoms with Crippen LogP contribution in [0.2, 0.25) is 5.02 Å². The zero-order valence-corrected chi connectivity index (χ0v) is 10.8. The predicted octanol–water partition coefficient (Wildman–Crippen LogP) is 3.42. The fraction of sp³-hybridized carbons (Fsp3) is 0.0714. The highest BCUT2D eigenvalue weighted by Gasteiger charge is 2.11. The van der Waals surface area contributed by atoms with Crippen LogP contribution in [0, 0.1) is 0 Å². The van der Waals surface area contributed by atoms with Gasteiger partial charge in [0.15, 0.2) is 0 Å². The monoisotopic (exact) mass is 278 g/mol. The predicted molar refractivity (Wildman–Crippen MR) is 72.1 cm³/mol. The summed E-state index contributed by atoms with van der Waals surface area (Å²) in [4.78, 5) is 10.8. The zero-order chi connectivity index (χ0) is 14.0. The molecule has 0 aromatic heterocycles.